The number of methoxy groups -OCH3 is 1. The Labute approximate surface area is 255 Å². The van der Waals surface area contributed by atoms with Gasteiger partial charge in [0.2, 0.25) is 11.8 Å². The van der Waals surface area contributed by atoms with Crippen LogP contribution in [0.3, 0.4) is 0 Å². The molecule has 2 heterocycles. The van der Waals surface area contributed by atoms with Crippen molar-refractivity contribution >= 4 is 44.6 Å². The summed E-state index contributed by atoms with van der Waals surface area (Å²) in [6, 6.07) is 4.45. The van der Waals surface area contributed by atoms with Crippen molar-refractivity contribution in [2.45, 2.75) is 56.7 Å². The fraction of sp³-hybridized carbons (Fsp3) is 0.484. The zero-order valence-electron chi connectivity index (χ0n) is 24.4. The van der Waals surface area contributed by atoms with Crippen LogP contribution in [0.15, 0.2) is 54.2 Å². The third-order valence-electron chi connectivity index (χ3n) is 7.86. The van der Waals surface area contributed by atoms with Crippen molar-refractivity contribution in [1.29, 1.82) is 0 Å². The van der Waals surface area contributed by atoms with Gasteiger partial charge in [-0.1, -0.05) is 12.2 Å². The van der Waals surface area contributed by atoms with Crippen LogP contribution in [0.5, 0.6) is 11.6 Å². The number of ether oxygens (including phenoxy) is 3. The molecular formula is C31H39BrN4O6. The lowest BCUT2D eigenvalue weighted by atomic mass is 10.1. The highest BCUT2D eigenvalue weighted by molar-refractivity contribution is 9.10. The molecule has 42 heavy (non-hydrogen) atoms. The van der Waals surface area contributed by atoms with Crippen LogP contribution < -0.4 is 14.8 Å². The van der Waals surface area contributed by atoms with E-state index in [4.69, 9.17) is 14.2 Å². The minimum Gasteiger partial charge on any atom is -0.497 e. The molecule has 11 heteroatoms. The van der Waals surface area contributed by atoms with Gasteiger partial charge in [0.1, 0.15) is 23.4 Å². The third kappa shape index (κ3) is 6.56. The van der Waals surface area contributed by atoms with Gasteiger partial charge in [0.05, 0.1) is 20.3 Å². The number of carbonyl (C=O) groups excluding carboxylic acids is 3. The number of likely N-dealkylation sites (tertiary alicyclic amines) is 1. The second-order valence-electron chi connectivity index (χ2n) is 10.7. The van der Waals surface area contributed by atoms with Crippen molar-refractivity contribution in [3.05, 3.63) is 54.2 Å². The van der Waals surface area contributed by atoms with E-state index in [1.165, 1.54) is 4.90 Å². The first kappa shape index (κ1) is 31.3. The number of nitrogens with one attached hydrogen (secondary N) is 1. The van der Waals surface area contributed by atoms with Crippen LogP contribution in [0.25, 0.3) is 10.8 Å². The molecule has 0 spiro atoms. The number of unbranched alkanes of at least 4 members (excludes halogenated alkanes) is 2. The molecule has 1 N–H and O–H groups in total. The summed E-state index contributed by atoms with van der Waals surface area (Å²) in [6.07, 6.45) is 7.88. The molecular weight excluding hydrogens is 604 g/mol. The van der Waals surface area contributed by atoms with Crippen molar-refractivity contribution in [3.63, 3.8) is 0 Å². The van der Waals surface area contributed by atoms with E-state index < -0.39 is 29.6 Å². The Hall–Kier alpha value is -3.60. The van der Waals surface area contributed by atoms with Gasteiger partial charge in [-0.05, 0) is 66.7 Å². The number of hydrogen-bond acceptors (Lipinski definition) is 7. The minimum atomic E-state index is -1.17. The molecule has 2 fully saturated rings. The van der Waals surface area contributed by atoms with Gasteiger partial charge in [0.25, 0.3) is 0 Å². The number of rotatable bonds is 13. The highest BCUT2D eigenvalue weighted by Gasteiger charge is 2.62. The van der Waals surface area contributed by atoms with Gasteiger partial charge in [-0.2, -0.15) is 0 Å². The predicted octanol–water partition coefficient (Wildman–Crippen LogP) is 4.86. The average Bonchev–Trinajstić information content (AvgIpc) is 3.55. The maximum atomic E-state index is 13.8. The van der Waals surface area contributed by atoms with Crippen LogP contribution in [0.4, 0.5) is 4.79 Å². The number of hydrogen-bond donors (Lipinski definition) is 1. The first-order valence-corrected chi connectivity index (χ1v) is 15.0. The Morgan fingerprint density at radius 3 is 2.71 bits per heavy atom. The number of aromatic nitrogens is 1. The normalized spacial score (nSPS) is 22.8. The molecule has 2 aliphatic rings. The number of nitrogens with zero attached hydrogens (tertiary/aromatic N) is 3. The zero-order valence-corrected chi connectivity index (χ0v) is 26.0. The highest BCUT2D eigenvalue weighted by atomic mass is 79.9. The number of amides is 3. The summed E-state index contributed by atoms with van der Waals surface area (Å²) in [5, 5.41) is 4.54. The maximum Gasteiger partial charge on any atom is 0.332 e. The minimum absolute atomic E-state index is 0.181. The summed E-state index contributed by atoms with van der Waals surface area (Å²) in [4.78, 5) is 47.9. The number of urea groups is 1. The molecule has 1 aromatic carbocycles. The van der Waals surface area contributed by atoms with Crippen LogP contribution in [0.1, 0.15) is 39.0 Å². The Kier molecular flexibility index (Phi) is 10.1. The van der Waals surface area contributed by atoms with Crippen LogP contribution in [0, 0.1) is 5.92 Å². The van der Waals surface area contributed by atoms with Crippen molar-refractivity contribution in [3.8, 4) is 11.6 Å². The number of halogens is 1. The molecule has 1 aliphatic carbocycles. The monoisotopic (exact) mass is 642 g/mol. The largest absolute Gasteiger partial charge is 0.497 e. The quantitative estimate of drug-likeness (QED) is 0.189. The number of allylic oxidation sites excluding steroid dienone is 1. The van der Waals surface area contributed by atoms with Gasteiger partial charge in [0.15, 0.2) is 0 Å². The Morgan fingerprint density at radius 1 is 1.26 bits per heavy atom. The molecule has 4 atom stereocenters. The molecule has 1 saturated heterocycles. The zero-order chi connectivity index (χ0) is 30.4. The van der Waals surface area contributed by atoms with Crippen LogP contribution in [-0.2, 0) is 14.3 Å². The van der Waals surface area contributed by atoms with E-state index in [9.17, 15) is 14.4 Å². The van der Waals surface area contributed by atoms with Gasteiger partial charge >= 0.3 is 12.0 Å². The van der Waals surface area contributed by atoms with Crippen LogP contribution in [0.2, 0.25) is 0 Å². The molecule has 2 aromatic rings. The first-order valence-electron chi connectivity index (χ1n) is 14.2. The van der Waals surface area contributed by atoms with Crippen molar-refractivity contribution in [2.75, 3.05) is 33.9 Å². The molecule has 0 unspecified atom stereocenters. The summed E-state index contributed by atoms with van der Waals surface area (Å²) in [5.41, 5.74) is -1.17. The molecule has 3 amide bonds. The maximum absolute atomic E-state index is 13.8. The van der Waals surface area contributed by atoms with Crippen LogP contribution >= 0.6 is 15.9 Å². The van der Waals surface area contributed by atoms with E-state index in [0.717, 1.165) is 34.5 Å². The molecule has 4 rings (SSSR count). The molecule has 1 aromatic heterocycles. The van der Waals surface area contributed by atoms with E-state index in [0.29, 0.717) is 24.6 Å². The number of esters is 1. The first-order chi connectivity index (χ1) is 20.2. The summed E-state index contributed by atoms with van der Waals surface area (Å²) < 4.78 is 17.8. The highest BCUT2D eigenvalue weighted by Crippen LogP contribution is 2.46. The predicted molar refractivity (Wildman–Crippen MR) is 163 cm³/mol. The lowest BCUT2D eigenvalue weighted by Gasteiger charge is -2.30. The molecule has 1 aliphatic heterocycles. The molecule has 226 valence electrons. The fourth-order valence-electron chi connectivity index (χ4n) is 5.40. The van der Waals surface area contributed by atoms with Gasteiger partial charge in [-0.15, -0.1) is 13.2 Å². The van der Waals surface area contributed by atoms with Crippen molar-refractivity contribution in [1.82, 2.24) is 20.1 Å². The number of benzene rings is 1. The number of fused-ring (bicyclic) bond motifs is 1. The van der Waals surface area contributed by atoms with Gasteiger partial charge < -0.3 is 29.3 Å². The number of carbonyl (C=O) groups is 3. The Balaban J connectivity index is 1.57. The lowest BCUT2D eigenvalue weighted by molar-refractivity contribution is -0.149. The average molecular weight is 644 g/mol. The molecule has 0 radical (unpaired) electrons. The Bertz CT molecular complexity index is 1350. The third-order valence-corrected chi connectivity index (χ3v) is 8.49. The van der Waals surface area contributed by atoms with E-state index in [2.05, 4.69) is 39.4 Å². The number of pyridine rings is 1. The summed E-state index contributed by atoms with van der Waals surface area (Å²) in [7, 11) is 3.33. The second kappa shape index (κ2) is 13.6. The standard InChI is InChI=1S/C31H39BrN4O6/c1-6-9-10-11-14-35(4)30(39)36-19-22(42-28-23-13-12-21(40-5)15-24(23)25(32)18-33-28)16-26(36)27(37)34-31(17-20(31)7-2)29(38)41-8-3/h6-7,12-13,15,18,20,22,26H,1-2,8-11,14,16-17,19H2,3-5H3,(H,34,37)/t20-,22-,26+,31-/m1/s1. The van der Waals surface area contributed by atoms with E-state index in [-0.39, 0.29) is 31.5 Å². The Morgan fingerprint density at radius 2 is 2.05 bits per heavy atom. The topological polar surface area (TPSA) is 110 Å². The smallest absolute Gasteiger partial charge is 0.332 e. The van der Waals surface area contributed by atoms with Crippen molar-refractivity contribution in [2.24, 2.45) is 5.92 Å². The van der Waals surface area contributed by atoms with Crippen LogP contribution in [-0.4, -0.2) is 84.2 Å². The van der Waals surface area contributed by atoms with Gasteiger partial charge in [0, 0.05) is 47.4 Å². The molecule has 10 nitrogen and oxygen atoms in total. The summed E-state index contributed by atoms with van der Waals surface area (Å²) in [6.45, 7) is 10.2. The van der Waals surface area contributed by atoms with E-state index in [1.807, 2.05) is 24.3 Å². The van der Waals surface area contributed by atoms with E-state index in [1.54, 1.807) is 38.3 Å². The molecule has 1 saturated carbocycles. The van der Waals surface area contributed by atoms with Gasteiger partial charge in [-0.3, -0.25) is 4.79 Å². The fourth-order valence-corrected chi connectivity index (χ4v) is 5.83. The lowest BCUT2D eigenvalue weighted by Crippen LogP contribution is -2.55. The summed E-state index contributed by atoms with van der Waals surface area (Å²) >= 11 is 3.54. The van der Waals surface area contributed by atoms with Gasteiger partial charge in [-0.25, -0.2) is 14.6 Å². The van der Waals surface area contributed by atoms with Crippen molar-refractivity contribution < 1.29 is 28.6 Å². The SMILES string of the molecule is C=CCCCCN(C)C(=O)N1C[C@H](Oc2ncc(Br)c3cc(OC)ccc23)C[C@H]1C(=O)N[C@]1(C(=O)OCC)C[C@H]1C=C. The molecule has 0 bridgehead atoms. The summed E-state index contributed by atoms with van der Waals surface area (Å²) in [5.74, 6) is -0.0678. The second-order valence-corrected chi connectivity index (χ2v) is 11.5. The van der Waals surface area contributed by atoms with E-state index >= 15 is 0 Å².